The normalized spacial score (nSPS) is 14.2. The third kappa shape index (κ3) is 5.09. The molecule has 1 unspecified atom stereocenters. The summed E-state index contributed by atoms with van der Waals surface area (Å²) in [5.74, 6) is -1.26. The Morgan fingerprint density at radius 2 is 2.06 bits per heavy atom. The molecule has 1 atom stereocenters. The van der Waals surface area contributed by atoms with E-state index in [1.165, 1.54) is 14.0 Å². The molecule has 0 aromatic heterocycles. The largest absolute Gasteiger partial charge is 0.480 e. The lowest BCUT2D eigenvalue weighted by Crippen LogP contribution is -2.55. The van der Waals surface area contributed by atoms with Gasteiger partial charge in [-0.1, -0.05) is 6.92 Å². The monoisotopic (exact) mass is 232 g/mol. The fourth-order valence-corrected chi connectivity index (χ4v) is 1.08. The van der Waals surface area contributed by atoms with Gasteiger partial charge in [-0.25, -0.2) is 0 Å². The van der Waals surface area contributed by atoms with E-state index in [0.29, 0.717) is 6.54 Å². The molecule has 6 nitrogen and oxygen atoms in total. The predicted octanol–water partition coefficient (Wildman–Crippen LogP) is -0.408. The Labute approximate surface area is 95.4 Å². The number of carbonyl (C=O) groups is 2. The SMILES string of the molecule is CCCNC(=O)CNC(C)(COC)C(=O)O. The highest BCUT2D eigenvalue weighted by molar-refractivity contribution is 5.82. The summed E-state index contributed by atoms with van der Waals surface area (Å²) in [4.78, 5) is 22.2. The Kier molecular flexibility index (Phi) is 6.67. The molecule has 1 amide bonds. The van der Waals surface area contributed by atoms with Crippen molar-refractivity contribution >= 4 is 11.9 Å². The maximum atomic E-state index is 11.3. The van der Waals surface area contributed by atoms with Crippen molar-refractivity contribution in [1.29, 1.82) is 0 Å². The number of carboxylic acid groups (broad SMARTS) is 1. The fraction of sp³-hybridized carbons (Fsp3) is 0.800. The molecule has 0 spiro atoms. The minimum absolute atomic E-state index is 0.00336. The number of rotatable bonds is 8. The van der Waals surface area contributed by atoms with Crippen LogP contribution in [-0.2, 0) is 14.3 Å². The van der Waals surface area contributed by atoms with Crippen molar-refractivity contribution in [1.82, 2.24) is 10.6 Å². The number of amides is 1. The van der Waals surface area contributed by atoms with Crippen LogP contribution in [-0.4, -0.2) is 49.3 Å². The first kappa shape index (κ1) is 14.9. The number of aliphatic carboxylic acids is 1. The summed E-state index contributed by atoms with van der Waals surface area (Å²) >= 11 is 0. The average Bonchev–Trinajstić information content (AvgIpc) is 2.23. The lowest BCUT2D eigenvalue weighted by molar-refractivity contribution is -0.146. The zero-order chi connectivity index (χ0) is 12.6. The van der Waals surface area contributed by atoms with E-state index < -0.39 is 11.5 Å². The van der Waals surface area contributed by atoms with Gasteiger partial charge in [-0.2, -0.15) is 0 Å². The fourth-order valence-electron chi connectivity index (χ4n) is 1.08. The van der Waals surface area contributed by atoms with Gasteiger partial charge < -0.3 is 15.2 Å². The molecular weight excluding hydrogens is 212 g/mol. The number of carbonyl (C=O) groups excluding carboxylic acids is 1. The molecule has 3 N–H and O–H groups in total. The van der Waals surface area contributed by atoms with Gasteiger partial charge in [0, 0.05) is 13.7 Å². The molecule has 0 aromatic carbocycles. The van der Waals surface area contributed by atoms with Crippen LogP contribution in [0.5, 0.6) is 0 Å². The van der Waals surface area contributed by atoms with Crippen LogP contribution < -0.4 is 10.6 Å². The van der Waals surface area contributed by atoms with E-state index in [9.17, 15) is 9.59 Å². The zero-order valence-electron chi connectivity index (χ0n) is 10.0. The standard InChI is InChI=1S/C10H20N2O4/c1-4-5-11-8(13)6-12-10(2,7-16-3)9(14)15/h12H,4-7H2,1-3H3,(H,11,13)(H,14,15). The lowest BCUT2D eigenvalue weighted by atomic mass is 10.0. The third-order valence-electron chi connectivity index (χ3n) is 2.12. The van der Waals surface area contributed by atoms with Gasteiger partial charge in [0.15, 0.2) is 0 Å². The van der Waals surface area contributed by atoms with Crippen molar-refractivity contribution in [3.8, 4) is 0 Å². The van der Waals surface area contributed by atoms with E-state index in [2.05, 4.69) is 10.6 Å². The second-order valence-electron chi connectivity index (χ2n) is 3.77. The molecule has 0 heterocycles. The molecule has 0 fully saturated rings. The summed E-state index contributed by atoms with van der Waals surface area (Å²) in [5.41, 5.74) is -1.24. The maximum absolute atomic E-state index is 11.3. The summed E-state index contributed by atoms with van der Waals surface area (Å²) in [7, 11) is 1.42. The van der Waals surface area contributed by atoms with E-state index in [0.717, 1.165) is 6.42 Å². The average molecular weight is 232 g/mol. The molecule has 0 aliphatic rings. The Morgan fingerprint density at radius 3 is 2.50 bits per heavy atom. The predicted molar refractivity (Wildman–Crippen MR) is 59.2 cm³/mol. The molecule has 0 saturated carbocycles. The zero-order valence-corrected chi connectivity index (χ0v) is 10.0. The highest BCUT2D eigenvalue weighted by Gasteiger charge is 2.33. The lowest BCUT2D eigenvalue weighted by Gasteiger charge is -2.24. The first-order chi connectivity index (χ1) is 7.46. The molecule has 0 bridgehead atoms. The van der Waals surface area contributed by atoms with Gasteiger partial charge in [0.1, 0.15) is 5.54 Å². The second kappa shape index (κ2) is 7.19. The Bertz CT molecular complexity index is 245. The van der Waals surface area contributed by atoms with Crippen molar-refractivity contribution in [2.45, 2.75) is 25.8 Å². The minimum Gasteiger partial charge on any atom is -0.480 e. The molecule has 6 heteroatoms. The van der Waals surface area contributed by atoms with E-state index in [4.69, 9.17) is 9.84 Å². The van der Waals surface area contributed by atoms with Crippen LogP contribution in [0.1, 0.15) is 20.3 Å². The maximum Gasteiger partial charge on any atom is 0.326 e. The third-order valence-corrected chi connectivity index (χ3v) is 2.12. The molecule has 94 valence electrons. The number of ether oxygens (including phenoxy) is 1. The van der Waals surface area contributed by atoms with E-state index in [1.54, 1.807) is 0 Å². The van der Waals surface area contributed by atoms with Crippen molar-refractivity contribution in [3.63, 3.8) is 0 Å². The van der Waals surface area contributed by atoms with Crippen LogP contribution in [0.3, 0.4) is 0 Å². The van der Waals surface area contributed by atoms with Crippen molar-refractivity contribution < 1.29 is 19.4 Å². The summed E-state index contributed by atoms with van der Waals surface area (Å²) in [6.45, 7) is 3.98. The molecule has 0 radical (unpaired) electrons. The number of hydrogen-bond acceptors (Lipinski definition) is 4. The van der Waals surface area contributed by atoms with E-state index in [-0.39, 0.29) is 19.1 Å². The molecular formula is C10H20N2O4. The van der Waals surface area contributed by atoms with Crippen LogP contribution in [0.4, 0.5) is 0 Å². The Balaban J connectivity index is 4.12. The van der Waals surface area contributed by atoms with Crippen molar-refractivity contribution in [2.24, 2.45) is 0 Å². The molecule has 16 heavy (non-hydrogen) atoms. The summed E-state index contributed by atoms with van der Waals surface area (Å²) in [5, 5.41) is 14.3. The highest BCUT2D eigenvalue weighted by Crippen LogP contribution is 2.03. The van der Waals surface area contributed by atoms with Gasteiger partial charge in [-0.3, -0.25) is 14.9 Å². The topological polar surface area (TPSA) is 87.7 Å². The summed E-state index contributed by atoms with van der Waals surface area (Å²) in [6, 6.07) is 0. The highest BCUT2D eigenvalue weighted by atomic mass is 16.5. The Morgan fingerprint density at radius 1 is 1.44 bits per heavy atom. The molecule has 0 aromatic rings. The van der Waals surface area contributed by atoms with Crippen molar-refractivity contribution in [3.05, 3.63) is 0 Å². The van der Waals surface area contributed by atoms with Gasteiger partial charge in [-0.05, 0) is 13.3 Å². The smallest absolute Gasteiger partial charge is 0.326 e. The van der Waals surface area contributed by atoms with Crippen LogP contribution in [0, 0.1) is 0 Å². The second-order valence-corrected chi connectivity index (χ2v) is 3.77. The van der Waals surface area contributed by atoms with E-state index in [1.807, 2.05) is 6.92 Å². The number of methoxy groups -OCH3 is 1. The number of carboxylic acids is 1. The Hall–Kier alpha value is -1.14. The molecule has 0 aliphatic carbocycles. The van der Waals surface area contributed by atoms with Crippen LogP contribution in [0.25, 0.3) is 0 Å². The van der Waals surface area contributed by atoms with E-state index >= 15 is 0 Å². The summed E-state index contributed by atoms with van der Waals surface area (Å²) in [6.07, 6.45) is 0.847. The van der Waals surface area contributed by atoms with Gasteiger partial charge in [-0.15, -0.1) is 0 Å². The number of nitrogens with one attached hydrogen (secondary N) is 2. The number of hydrogen-bond donors (Lipinski definition) is 3. The van der Waals surface area contributed by atoms with Gasteiger partial charge >= 0.3 is 5.97 Å². The molecule has 0 aliphatic heterocycles. The van der Waals surface area contributed by atoms with Crippen molar-refractivity contribution in [2.75, 3.05) is 26.8 Å². The van der Waals surface area contributed by atoms with Gasteiger partial charge in [0.25, 0.3) is 0 Å². The minimum atomic E-state index is -1.24. The van der Waals surface area contributed by atoms with Gasteiger partial charge in [0.05, 0.1) is 13.2 Å². The first-order valence-electron chi connectivity index (χ1n) is 5.20. The van der Waals surface area contributed by atoms with Crippen LogP contribution >= 0.6 is 0 Å². The first-order valence-corrected chi connectivity index (χ1v) is 5.20. The summed E-state index contributed by atoms with van der Waals surface area (Å²) < 4.78 is 4.81. The van der Waals surface area contributed by atoms with Crippen LogP contribution in [0.15, 0.2) is 0 Å². The quantitative estimate of drug-likeness (QED) is 0.529. The van der Waals surface area contributed by atoms with Gasteiger partial charge in [0.2, 0.25) is 5.91 Å². The molecule has 0 rings (SSSR count). The van der Waals surface area contributed by atoms with Crippen LogP contribution in [0.2, 0.25) is 0 Å². The molecule has 0 saturated heterocycles.